The van der Waals surface area contributed by atoms with Gasteiger partial charge in [-0.15, -0.1) is 0 Å². The molecule has 0 aliphatic heterocycles. The number of fused-ring (bicyclic) bond motifs is 17. The van der Waals surface area contributed by atoms with Crippen LogP contribution in [0, 0.1) is 0 Å². The van der Waals surface area contributed by atoms with Gasteiger partial charge in [-0.1, -0.05) is 297 Å². The van der Waals surface area contributed by atoms with E-state index < -0.39 is 0 Å². The average molecular weight is 1530 g/mol. The number of benzene rings is 20. The van der Waals surface area contributed by atoms with Gasteiger partial charge in [0.2, 0.25) is 0 Å². The maximum Gasteiger partial charge on any atom is 0.143 e. The first-order valence-electron chi connectivity index (χ1n) is 41.1. The molecule has 0 spiro atoms. The Balaban J connectivity index is 0.569. The van der Waals surface area contributed by atoms with Gasteiger partial charge in [-0.25, -0.2) is 0 Å². The van der Waals surface area contributed by atoms with Crippen molar-refractivity contribution in [2.24, 2.45) is 0 Å². The summed E-state index contributed by atoms with van der Waals surface area (Å²) in [6.45, 7) is 0. The highest BCUT2D eigenvalue weighted by atomic mass is 16.3. The van der Waals surface area contributed by atoms with Gasteiger partial charge >= 0.3 is 0 Å². The van der Waals surface area contributed by atoms with Crippen LogP contribution in [-0.4, -0.2) is 9.13 Å². The van der Waals surface area contributed by atoms with E-state index in [1.807, 2.05) is 0 Å². The van der Waals surface area contributed by atoms with Crippen molar-refractivity contribution in [3.8, 4) is 78.1 Å². The maximum atomic E-state index is 7.14. The summed E-state index contributed by atoms with van der Waals surface area (Å²) >= 11 is 0. The van der Waals surface area contributed by atoms with Gasteiger partial charge < -0.3 is 27.8 Å². The van der Waals surface area contributed by atoms with Crippen molar-refractivity contribution in [1.82, 2.24) is 9.13 Å². The van der Waals surface area contributed by atoms with Gasteiger partial charge in [-0.2, -0.15) is 0 Å². The van der Waals surface area contributed by atoms with E-state index in [9.17, 15) is 0 Å². The van der Waals surface area contributed by atoms with Crippen LogP contribution in [-0.2, 0) is 0 Å². The Kier molecular flexibility index (Phi) is 15.9. The Hall–Kier alpha value is -16.0. The van der Waals surface area contributed by atoms with Crippen LogP contribution in [0.15, 0.2) is 446 Å². The van der Waals surface area contributed by atoms with E-state index in [1.54, 1.807) is 0 Å². The molecule has 4 heterocycles. The molecule has 560 valence electrons. The lowest BCUT2D eigenvalue weighted by Gasteiger charge is -2.27. The number of anilines is 6. The highest BCUT2D eigenvalue weighted by molar-refractivity contribution is 6.22. The Morgan fingerprint density at radius 3 is 1.12 bits per heavy atom. The minimum absolute atomic E-state index is 0.842. The fourth-order valence-electron chi connectivity index (χ4n) is 19.2. The predicted octanol–water partition coefficient (Wildman–Crippen LogP) is 32.1. The third-order valence-corrected chi connectivity index (χ3v) is 24.7. The molecular formula is C114H72N4O2. The molecule has 24 aromatic rings. The highest BCUT2D eigenvalue weighted by Gasteiger charge is 2.25. The summed E-state index contributed by atoms with van der Waals surface area (Å²) in [5.41, 5.74) is 30.3. The molecule has 0 saturated carbocycles. The van der Waals surface area contributed by atoms with Gasteiger partial charge in [0.25, 0.3) is 0 Å². The Labute approximate surface area is 692 Å². The SMILES string of the molecule is c1ccc(-c2ccc(N(c3ccc(-c4ccccc4-n4c5ccccc5c5ccccc54)cc3)c3cccc(-c4cccc5oc6c7cc(-c8ccc9c(c8)c8ccccc8n9-c8ccccc8-c8ccc(N(c9cccc(-c%10cccc%11oc%12c%13ccccc%13ccc%12c%10%11)c9)c9cccc%10ccccc9%10)cc8)ccc7ccc6c45)c3)cc2)cc1. The van der Waals surface area contributed by atoms with Crippen LogP contribution in [0.25, 0.3) is 198 Å². The topological polar surface area (TPSA) is 42.6 Å². The molecule has 120 heavy (non-hydrogen) atoms. The van der Waals surface area contributed by atoms with Gasteiger partial charge in [0.05, 0.1) is 39.1 Å². The van der Waals surface area contributed by atoms with Gasteiger partial charge in [0.15, 0.2) is 0 Å². The Bertz CT molecular complexity index is 8170. The van der Waals surface area contributed by atoms with Crippen LogP contribution >= 0.6 is 0 Å². The summed E-state index contributed by atoms with van der Waals surface area (Å²) in [5, 5.41) is 16.0. The van der Waals surface area contributed by atoms with E-state index in [4.69, 9.17) is 8.83 Å². The summed E-state index contributed by atoms with van der Waals surface area (Å²) in [6.07, 6.45) is 0. The van der Waals surface area contributed by atoms with Crippen LogP contribution in [0.4, 0.5) is 34.1 Å². The van der Waals surface area contributed by atoms with Crippen molar-refractivity contribution >= 4 is 154 Å². The number of furan rings is 2. The summed E-state index contributed by atoms with van der Waals surface area (Å²) < 4.78 is 18.7. The molecule has 0 fully saturated rings. The van der Waals surface area contributed by atoms with Gasteiger partial charge in [-0.05, 0) is 211 Å². The zero-order valence-corrected chi connectivity index (χ0v) is 65.2. The van der Waals surface area contributed by atoms with E-state index in [-0.39, 0.29) is 0 Å². The summed E-state index contributed by atoms with van der Waals surface area (Å²) in [6, 6.07) is 159. The highest BCUT2D eigenvalue weighted by Crippen LogP contribution is 2.49. The quantitative estimate of drug-likeness (QED) is 0.109. The molecular weight excluding hydrogens is 1460 g/mol. The average Bonchev–Trinajstić information content (AvgIpc) is 1.55. The number of rotatable bonds is 14. The monoisotopic (exact) mass is 1530 g/mol. The van der Waals surface area contributed by atoms with Crippen molar-refractivity contribution in [3.05, 3.63) is 437 Å². The Morgan fingerprint density at radius 2 is 0.550 bits per heavy atom. The summed E-state index contributed by atoms with van der Waals surface area (Å²) in [7, 11) is 0. The van der Waals surface area contributed by atoms with E-state index in [0.717, 1.165) is 183 Å². The number of para-hydroxylation sites is 5. The molecule has 0 N–H and O–H groups in total. The molecule has 0 aliphatic rings. The van der Waals surface area contributed by atoms with Crippen molar-refractivity contribution in [1.29, 1.82) is 0 Å². The summed E-state index contributed by atoms with van der Waals surface area (Å²) in [5.74, 6) is 0. The first-order valence-corrected chi connectivity index (χ1v) is 41.1. The standard InChI is InChI=1S/C114H72N4O2/c1-2-23-73(24-3-1)74-51-60-84(61-52-74)115(85-62-53-77(54-63-85)90-33-8-13-41-103(90)117-105-43-15-10-36-95(105)96-37-11-16-44-106(96)117)87-30-18-28-82(69-87)92-39-22-48-110-112(92)99-67-58-79-49-50-80(71-100(79)114(99)120-110)81-59-68-108-101(72-81)97-38-12-17-45-107(97)118(108)104-42-14-9-34-91(104)78-55-64-86(65-56-78)116(102-46-20-27-75-25-4-6-32-89(75)102)88-31-19-29-83(70-88)93-40-21-47-109-111(93)98-66-57-76-26-5-7-35-94(76)113(98)119-109/h1-72H. The molecule has 6 nitrogen and oxygen atoms in total. The number of aromatic nitrogens is 2. The van der Waals surface area contributed by atoms with Crippen LogP contribution in [0.3, 0.4) is 0 Å². The first-order chi connectivity index (χ1) is 59.5. The van der Waals surface area contributed by atoms with Crippen molar-refractivity contribution in [2.45, 2.75) is 0 Å². The molecule has 6 heteroatoms. The minimum atomic E-state index is 0.842. The predicted molar refractivity (Wildman–Crippen MR) is 504 cm³/mol. The molecule has 0 unspecified atom stereocenters. The summed E-state index contributed by atoms with van der Waals surface area (Å²) in [4.78, 5) is 4.79. The third kappa shape index (κ3) is 11.2. The van der Waals surface area contributed by atoms with Crippen molar-refractivity contribution in [3.63, 3.8) is 0 Å². The second kappa shape index (κ2) is 27.9. The van der Waals surface area contributed by atoms with Crippen molar-refractivity contribution < 1.29 is 8.83 Å². The van der Waals surface area contributed by atoms with E-state index in [2.05, 4.69) is 456 Å². The fraction of sp³-hybridized carbons (Fsp3) is 0. The van der Waals surface area contributed by atoms with Crippen LogP contribution in [0.5, 0.6) is 0 Å². The van der Waals surface area contributed by atoms with Crippen LogP contribution in [0.2, 0.25) is 0 Å². The zero-order valence-electron chi connectivity index (χ0n) is 65.2. The van der Waals surface area contributed by atoms with Crippen molar-refractivity contribution in [2.75, 3.05) is 9.80 Å². The molecule has 0 aliphatic carbocycles. The molecule has 0 saturated heterocycles. The lowest BCUT2D eigenvalue weighted by atomic mass is 9.96. The maximum absolute atomic E-state index is 7.14. The van der Waals surface area contributed by atoms with E-state index in [1.165, 1.54) is 48.9 Å². The van der Waals surface area contributed by atoms with Gasteiger partial charge in [-0.3, -0.25) is 0 Å². The fourth-order valence-corrected chi connectivity index (χ4v) is 19.2. The van der Waals surface area contributed by atoms with Gasteiger partial charge in [0.1, 0.15) is 22.3 Å². The Morgan fingerprint density at radius 1 is 0.183 bits per heavy atom. The third-order valence-electron chi connectivity index (χ3n) is 24.7. The van der Waals surface area contributed by atoms with E-state index >= 15 is 0 Å². The molecule has 24 rings (SSSR count). The largest absolute Gasteiger partial charge is 0.455 e. The lowest BCUT2D eigenvalue weighted by molar-refractivity contribution is 0.672. The number of hydrogen-bond acceptors (Lipinski definition) is 4. The molecule has 20 aromatic carbocycles. The van der Waals surface area contributed by atoms with E-state index in [0.29, 0.717) is 0 Å². The second-order valence-corrected chi connectivity index (χ2v) is 31.4. The normalized spacial score (nSPS) is 11.8. The zero-order chi connectivity index (χ0) is 78.9. The number of hydrogen-bond donors (Lipinski definition) is 0. The molecule has 0 radical (unpaired) electrons. The smallest absolute Gasteiger partial charge is 0.143 e. The number of nitrogens with zero attached hydrogens (tertiary/aromatic N) is 4. The second-order valence-electron chi connectivity index (χ2n) is 31.4. The minimum Gasteiger partial charge on any atom is -0.455 e. The van der Waals surface area contributed by atoms with Gasteiger partial charge in [0, 0.05) is 98.8 Å². The lowest BCUT2D eigenvalue weighted by Crippen LogP contribution is -2.10. The molecule has 0 atom stereocenters. The molecule has 0 amide bonds. The first kappa shape index (κ1) is 68.4. The molecule has 4 aromatic heterocycles. The molecule has 0 bridgehead atoms. The van der Waals surface area contributed by atoms with Crippen LogP contribution < -0.4 is 9.80 Å². The van der Waals surface area contributed by atoms with Crippen LogP contribution in [0.1, 0.15) is 0 Å².